The topological polar surface area (TPSA) is 78.5 Å². The summed E-state index contributed by atoms with van der Waals surface area (Å²) < 4.78 is 5.90. The molecule has 6 heteroatoms. The third kappa shape index (κ3) is 3.28. The maximum absolute atomic E-state index is 11.9. The fourth-order valence-electron chi connectivity index (χ4n) is 3.44. The lowest BCUT2D eigenvalue weighted by Crippen LogP contribution is -2.53. The van der Waals surface area contributed by atoms with Crippen LogP contribution < -0.4 is 4.74 Å². The van der Waals surface area contributed by atoms with E-state index in [0.717, 1.165) is 16.9 Å². The largest absolute Gasteiger partial charge is 0.478 e. The molecule has 26 heavy (non-hydrogen) atoms. The summed E-state index contributed by atoms with van der Waals surface area (Å²) in [7, 11) is 0. The standard InChI is InChI=1S/C20H21N3O3/c24-19(25)20(26-15-6-2-1-3-7-15)10-12-23(13-11-20)14-18-21-16-8-4-5-9-17(16)22-18/h1-9H,10-14H2,(H,21,22)(H,24,25). The van der Waals surface area contributed by atoms with Crippen molar-refractivity contribution in [3.63, 3.8) is 0 Å². The van der Waals surface area contributed by atoms with Gasteiger partial charge in [-0.05, 0) is 24.3 Å². The van der Waals surface area contributed by atoms with Crippen LogP contribution in [0.2, 0.25) is 0 Å². The van der Waals surface area contributed by atoms with E-state index in [9.17, 15) is 9.90 Å². The number of rotatable bonds is 5. The fraction of sp³-hybridized carbons (Fsp3) is 0.300. The molecule has 0 spiro atoms. The van der Waals surface area contributed by atoms with Gasteiger partial charge < -0.3 is 14.8 Å². The quantitative estimate of drug-likeness (QED) is 0.739. The average Bonchev–Trinajstić information content (AvgIpc) is 3.06. The zero-order chi connectivity index (χ0) is 18.0. The van der Waals surface area contributed by atoms with E-state index in [2.05, 4.69) is 14.9 Å². The summed E-state index contributed by atoms with van der Waals surface area (Å²) in [5.41, 5.74) is 0.810. The summed E-state index contributed by atoms with van der Waals surface area (Å²) in [6.07, 6.45) is 0.884. The molecule has 134 valence electrons. The average molecular weight is 351 g/mol. The molecule has 0 radical (unpaired) electrons. The van der Waals surface area contributed by atoms with Gasteiger partial charge in [0.2, 0.25) is 5.60 Å². The van der Waals surface area contributed by atoms with Gasteiger partial charge in [-0.1, -0.05) is 30.3 Å². The van der Waals surface area contributed by atoms with Crippen LogP contribution in [0.1, 0.15) is 18.7 Å². The molecule has 2 heterocycles. The Balaban J connectivity index is 1.43. The smallest absolute Gasteiger partial charge is 0.348 e. The minimum atomic E-state index is -1.16. The number of piperidine rings is 1. The third-order valence-electron chi connectivity index (χ3n) is 4.92. The van der Waals surface area contributed by atoms with Gasteiger partial charge in [0.25, 0.3) is 0 Å². The van der Waals surface area contributed by atoms with Crippen LogP contribution in [0, 0.1) is 0 Å². The van der Waals surface area contributed by atoms with Crippen LogP contribution in [-0.4, -0.2) is 44.6 Å². The molecule has 0 atom stereocenters. The molecule has 6 nitrogen and oxygen atoms in total. The van der Waals surface area contributed by atoms with Gasteiger partial charge in [-0.25, -0.2) is 9.78 Å². The molecule has 0 amide bonds. The van der Waals surface area contributed by atoms with E-state index in [1.165, 1.54) is 0 Å². The summed E-state index contributed by atoms with van der Waals surface area (Å²) in [5, 5.41) is 9.76. The van der Waals surface area contributed by atoms with Gasteiger partial charge in [-0.3, -0.25) is 4.90 Å². The number of carboxylic acids is 1. The fourth-order valence-corrected chi connectivity index (χ4v) is 3.44. The number of imidazole rings is 1. The number of para-hydroxylation sites is 3. The SMILES string of the molecule is O=C(O)C1(Oc2ccccc2)CCN(Cc2nc3ccccc3[nH]2)CC1. The highest BCUT2D eigenvalue weighted by Gasteiger charge is 2.44. The number of H-pyrrole nitrogens is 1. The monoisotopic (exact) mass is 351 g/mol. The number of nitrogens with one attached hydrogen (secondary N) is 1. The molecule has 1 aliphatic rings. The summed E-state index contributed by atoms with van der Waals surface area (Å²) in [6.45, 7) is 1.97. The van der Waals surface area contributed by atoms with E-state index >= 15 is 0 Å². The van der Waals surface area contributed by atoms with Gasteiger partial charge in [0.15, 0.2) is 0 Å². The van der Waals surface area contributed by atoms with Crippen molar-refractivity contribution < 1.29 is 14.6 Å². The van der Waals surface area contributed by atoms with Crippen LogP contribution in [-0.2, 0) is 11.3 Å². The Bertz CT molecular complexity index is 866. The van der Waals surface area contributed by atoms with Gasteiger partial charge >= 0.3 is 5.97 Å². The molecular weight excluding hydrogens is 330 g/mol. The maximum atomic E-state index is 11.9. The minimum absolute atomic E-state index is 0.442. The van der Waals surface area contributed by atoms with E-state index in [0.29, 0.717) is 38.2 Å². The number of likely N-dealkylation sites (tertiary alicyclic amines) is 1. The number of carboxylic acid groups (broad SMARTS) is 1. The van der Waals surface area contributed by atoms with Gasteiger partial charge in [0.1, 0.15) is 11.6 Å². The molecule has 1 fully saturated rings. The van der Waals surface area contributed by atoms with Crippen molar-refractivity contribution in [2.45, 2.75) is 25.0 Å². The number of nitrogens with zero attached hydrogens (tertiary/aromatic N) is 2. The van der Waals surface area contributed by atoms with Gasteiger partial charge in [0, 0.05) is 25.9 Å². The zero-order valence-electron chi connectivity index (χ0n) is 14.4. The first kappa shape index (κ1) is 16.6. The summed E-state index contributed by atoms with van der Waals surface area (Å²) in [4.78, 5) is 22.0. The van der Waals surface area contributed by atoms with E-state index in [1.807, 2.05) is 42.5 Å². The van der Waals surface area contributed by atoms with Gasteiger partial charge in [-0.15, -0.1) is 0 Å². The van der Waals surface area contributed by atoms with Crippen molar-refractivity contribution in [3.05, 3.63) is 60.4 Å². The molecule has 1 aliphatic heterocycles. The van der Waals surface area contributed by atoms with Crippen molar-refractivity contribution in [3.8, 4) is 5.75 Å². The summed E-state index contributed by atoms with van der Waals surface area (Å²) >= 11 is 0. The Morgan fingerprint density at radius 1 is 1.12 bits per heavy atom. The number of aromatic nitrogens is 2. The third-order valence-corrected chi connectivity index (χ3v) is 4.92. The Hall–Kier alpha value is -2.86. The van der Waals surface area contributed by atoms with Crippen molar-refractivity contribution in [2.24, 2.45) is 0 Å². The minimum Gasteiger partial charge on any atom is -0.478 e. The maximum Gasteiger partial charge on any atom is 0.348 e. The van der Waals surface area contributed by atoms with Gasteiger partial charge in [0.05, 0.1) is 17.6 Å². The predicted molar refractivity (Wildman–Crippen MR) is 98.0 cm³/mol. The molecule has 0 saturated carbocycles. The molecule has 1 saturated heterocycles. The Morgan fingerprint density at radius 3 is 2.50 bits per heavy atom. The number of aliphatic carboxylic acids is 1. The molecule has 2 aromatic carbocycles. The second-order valence-corrected chi connectivity index (χ2v) is 6.69. The first-order valence-corrected chi connectivity index (χ1v) is 8.78. The molecule has 1 aromatic heterocycles. The second kappa shape index (κ2) is 6.80. The molecule has 4 rings (SSSR count). The van der Waals surface area contributed by atoms with E-state index < -0.39 is 11.6 Å². The molecule has 0 bridgehead atoms. The lowest BCUT2D eigenvalue weighted by Gasteiger charge is -2.38. The van der Waals surface area contributed by atoms with E-state index in [-0.39, 0.29) is 0 Å². The molecule has 3 aromatic rings. The van der Waals surface area contributed by atoms with Crippen molar-refractivity contribution in [1.82, 2.24) is 14.9 Å². The van der Waals surface area contributed by atoms with Crippen LogP contribution in [0.5, 0.6) is 5.75 Å². The van der Waals surface area contributed by atoms with Crippen LogP contribution in [0.3, 0.4) is 0 Å². The Morgan fingerprint density at radius 2 is 1.81 bits per heavy atom. The van der Waals surface area contributed by atoms with E-state index in [4.69, 9.17) is 4.74 Å². The molecular formula is C20H21N3O3. The number of ether oxygens (including phenoxy) is 1. The zero-order valence-corrected chi connectivity index (χ0v) is 14.4. The molecule has 0 aliphatic carbocycles. The highest BCUT2D eigenvalue weighted by atomic mass is 16.5. The lowest BCUT2D eigenvalue weighted by molar-refractivity contribution is -0.159. The van der Waals surface area contributed by atoms with Crippen LogP contribution in [0.4, 0.5) is 0 Å². The summed E-state index contributed by atoms with van der Waals surface area (Å²) in [6, 6.07) is 17.1. The first-order valence-electron chi connectivity index (χ1n) is 8.78. The Kier molecular flexibility index (Phi) is 4.34. The number of carbonyl (C=O) groups is 1. The van der Waals surface area contributed by atoms with Crippen LogP contribution in [0.15, 0.2) is 54.6 Å². The number of hydrogen-bond donors (Lipinski definition) is 2. The van der Waals surface area contributed by atoms with Crippen molar-refractivity contribution >= 4 is 17.0 Å². The number of fused-ring (bicyclic) bond motifs is 1. The van der Waals surface area contributed by atoms with Crippen molar-refractivity contribution in [2.75, 3.05) is 13.1 Å². The summed E-state index contributed by atoms with van der Waals surface area (Å²) in [5.74, 6) is 0.600. The Labute approximate surface area is 151 Å². The highest BCUT2D eigenvalue weighted by molar-refractivity contribution is 5.78. The van der Waals surface area contributed by atoms with Crippen LogP contribution >= 0.6 is 0 Å². The highest BCUT2D eigenvalue weighted by Crippen LogP contribution is 2.30. The predicted octanol–water partition coefficient (Wildman–Crippen LogP) is 3.06. The molecule has 0 unspecified atom stereocenters. The number of benzene rings is 2. The van der Waals surface area contributed by atoms with Crippen molar-refractivity contribution in [1.29, 1.82) is 0 Å². The van der Waals surface area contributed by atoms with E-state index in [1.54, 1.807) is 12.1 Å². The lowest BCUT2D eigenvalue weighted by atomic mass is 9.91. The number of hydrogen-bond acceptors (Lipinski definition) is 4. The number of aromatic amines is 1. The van der Waals surface area contributed by atoms with Crippen LogP contribution in [0.25, 0.3) is 11.0 Å². The molecule has 2 N–H and O–H groups in total. The normalized spacial score (nSPS) is 17.2. The first-order chi connectivity index (χ1) is 12.6. The second-order valence-electron chi connectivity index (χ2n) is 6.69. The van der Waals surface area contributed by atoms with Gasteiger partial charge in [-0.2, -0.15) is 0 Å².